The van der Waals surface area contributed by atoms with Crippen molar-refractivity contribution in [1.82, 2.24) is 5.32 Å². The molecule has 0 aromatic heterocycles. The van der Waals surface area contributed by atoms with Gasteiger partial charge in [0, 0.05) is 5.56 Å². The van der Waals surface area contributed by atoms with E-state index in [1.165, 1.54) is 13.0 Å². The lowest BCUT2D eigenvalue weighted by Crippen LogP contribution is -2.36. The number of alkyl halides is 6. The van der Waals surface area contributed by atoms with Gasteiger partial charge in [0.15, 0.2) is 10.9 Å². The summed E-state index contributed by atoms with van der Waals surface area (Å²) in [7, 11) is 0. The Balaban J connectivity index is 0.000000546. The first kappa shape index (κ1) is 30.0. The van der Waals surface area contributed by atoms with Crippen LogP contribution in [-0.2, 0) is 0 Å². The van der Waals surface area contributed by atoms with E-state index in [4.69, 9.17) is 40.5 Å². The van der Waals surface area contributed by atoms with Crippen molar-refractivity contribution >= 4 is 64.0 Å². The zero-order valence-corrected chi connectivity index (χ0v) is 20.3. The predicted octanol–water partition coefficient (Wildman–Crippen LogP) is 7.59. The third-order valence-electron chi connectivity index (χ3n) is 3.98. The van der Waals surface area contributed by atoms with Crippen LogP contribution < -0.4 is 11.1 Å². The molecule has 13 heteroatoms. The number of rotatable bonds is 5. The fourth-order valence-corrected chi connectivity index (χ4v) is 3.07. The number of nitrogens with one attached hydrogen (secondary N) is 1. The van der Waals surface area contributed by atoms with Crippen LogP contribution in [0.15, 0.2) is 42.5 Å². The highest BCUT2D eigenvalue weighted by molar-refractivity contribution is 7.80. The van der Waals surface area contributed by atoms with E-state index in [0.717, 1.165) is 18.2 Å². The van der Waals surface area contributed by atoms with Gasteiger partial charge >= 0.3 is 12.4 Å². The van der Waals surface area contributed by atoms with E-state index in [1.807, 2.05) is 0 Å². The van der Waals surface area contributed by atoms with Crippen LogP contribution in [-0.4, -0.2) is 29.8 Å². The van der Waals surface area contributed by atoms with Crippen molar-refractivity contribution in [2.24, 2.45) is 5.73 Å². The standard InChI is InChI=1S/C18H12Cl3F3O.C3H5F3N2S/c1-10(25)12-5-2-11(3-6-12)4-7-14(18(22,23)24)13-8-15(19)17(21)16(20)9-13;4-3(5,6)1-8-2(7)9/h2-9,14H,1H3;1H2,(H3,7,8,9)/b7-4+;. The van der Waals surface area contributed by atoms with Crippen LogP contribution >= 0.6 is 47.0 Å². The third kappa shape index (κ3) is 10.5. The Bertz CT molecular complexity index is 1020. The van der Waals surface area contributed by atoms with Crippen molar-refractivity contribution in [2.75, 3.05) is 6.54 Å². The maximum atomic E-state index is 13.4. The second kappa shape index (κ2) is 12.6. The molecule has 3 N–H and O–H groups in total. The highest BCUT2D eigenvalue weighted by Crippen LogP contribution is 2.41. The predicted molar refractivity (Wildman–Crippen MR) is 127 cm³/mol. The highest BCUT2D eigenvalue weighted by atomic mass is 35.5. The van der Waals surface area contributed by atoms with Gasteiger partial charge in [-0.25, -0.2) is 0 Å². The summed E-state index contributed by atoms with van der Waals surface area (Å²) in [6.07, 6.45) is -6.43. The monoisotopic (exact) mass is 564 g/mol. The minimum atomic E-state index is -4.53. The minimum absolute atomic E-state index is 0.0109. The van der Waals surface area contributed by atoms with Gasteiger partial charge < -0.3 is 11.1 Å². The molecule has 2 aromatic carbocycles. The largest absolute Gasteiger partial charge is 0.405 e. The van der Waals surface area contributed by atoms with E-state index in [2.05, 4.69) is 12.2 Å². The van der Waals surface area contributed by atoms with Crippen molar-refractivity contribution in [3.63, 3.8) is 0 Å². The Kier molecular flexibility index (Phi) is 11.1. The topological polar surface area (TPSA) is 55.1 Å². The quantitative estimate of drug-likeness (QED) is 0.170. The summed E-state index contributed by atoms with van der Waals surface area (Å²) in [6, 6.07) is 8.56. The molecule has 1 unspecified atom stereocenters. The molecule has 0 fully saturated rings. The molecule has 3 nitrogen and oxygen atoms in total. The molecule has 0 aliphatic carbocycles. The maximum Gasteiger partial charge on any atom is 0.405 e. The number of halogens is 9. The van der Waals surface area contributed by atoms with Gasteiger partial charge in [-0.15, -0.1) is 0 Å². The van der Waals surface area contributed by atoms with E-state index in [0.29, 0.717) is 11.1 Å². The van der Waals surface area contributed by atoms with Gasteiger partial charge in [0.25, 0.3) is 0 Å². The molecule has 2 aromatic rings. The van der Waals surface area contributed by atoms with Crippen LogP contribution in [0, 0.1) is 0 Å². The van der Waals surface area contributed by atoms with Crippen LogP contribution in [0.1, 0.15) is 34.3 Å². The molecule has 0 heterocycles. The van der Waals surface area contributed by atoms with Crippen LogP contribution in [0.4, 0.5) is 26.3 Å². The lowest BCUT2D eigenvalue weighted by Gasteiger charge is -2.18. The summed E-state index contributed by atoms with van der Waals surface area (Å²) in [6.45, 7) is 0.251. The Hall–Kier alpha value is -2.01. The number of hydrogen-bond donors (Lipinski definition) is 2. The number of carbonyl (C=O) groups is 1. The van der Waals surface area contributed by atoms with Crippen LogP contribution in [0.5, 0.6) is 0 Å². The van der Waals surface area contributed by atoms with Crippen molar-refractivity contribution in [1.29, 1.82) is 0 Å². The number of ketones is 1. The number of nitrogens with two attached hydrogens (primary N) is 1. The second-order valence-electron chi connectivity index (χ2n) is 6.69. The molecule has 2 rings (SSSR count). The van der Waals surface area contributed by atoms with Gasteiger partial charge in [-0.1, -0.05) is 71.2 Å². The first-order valence-electron chi connectivity index (χ1n) is 9.11. The lowest BCUT2D eigenvalue weighted by atomic mass is 9.97. The van der Waals surface area contributed by atoms with Gasteiger partial charge in [0.1, 0.15) is 6.54 Å². The normalized spacial score (nSPS) is 12.6. The average Bonchev–Trinajstić information content (AvgIpc) is 2.70. The highest BCUT2D eigenvalue weighted by Gasteiger charge is 2.39. The molecule has 186 valence electrons. The van der Waals surface area contributed by atoms with Crippen molar-refractivity contribution < 1.29 is 31.1 Å². The van der Waals surface area contributed by atoms with E-state index in [-0.39, 0.29) is 31.5 Å². The molecule has 0 aliphatic heterocycles. The molecule has 0 radical (unpaired) electrons. The molecule has 34 heavy (non-hydrogen) atoms. The molecular formula is C21H17Cl3F6N2OS. The van der Waals surface area contributed by atoms with E-state index in [1.54, 1.807) is 29.6 Å². The molecule has 0 aliphatic rings. The van der Waals surface area contributed by atoms with Crippen LogP contribution in [0.25, 0.3) is 6.08 Å². The Morgan fingerprint density at radius 1 is 1.06 bits per heavy atom. The third-order valence-corrected chi connectivity index (χ3v) is 5.32. The van der Waals surface area contributed by atoms with Gasteiger partial charge in [-0.3, -0.25) is 4.79 Å². The van der Waals surface area contributed by atoms with Crippen molar-refractivity contribution in [2.45, 2.75) is 25.2 Å². The molecular weight excluding hydrogens is 549 g/mol. The summed E-state index contributed by atoms with van der Waals surface area (Å²) >= 11 is 21.6. The molecule has 0 amide bonds. The smallest absolute Gasteiger partial charge is 0.376 e. The first-order valence-corrected chi connectivity index (χ1v) is 10.7. The Morgan fingerprint density at radius 2 is 1.56 bits per heavy atom. The fraction of sp³-hybridized carbons (Fsp3) is 0.238. The molecule has 0 bridgehead atoms. The molecule has 0 spiro atoms. The summed E-state index contributed by atoms with van der Waals surface area (Å²) in [5.74, 6) is -2.01. The Morgan fingerprint density at radius 3 is 1.91 bits per heavy atom. The molecule has 0 saturated heterocycles. The molecule has 1 atom stereocenters. The van der Waals surface area contributed by atoms with Crippen LogP contribution in [0.3, 0.4) is 0 Å². The van der Waals surface area contributed by atoms with Crippen LogP contribution in [0.2, 0.25) is 15.1 Å². The van der Waals surface area contributed by atoms with E-state index >= 15 is 0 Å². The summed E-state index contributed by atoms with van der Waals surface area (Å²) in [4.78, 5) is 11.2. The summed E-state index contributed by atoms with van der Waals surface area (Å²) < 4.78 is 74.0. The SMILES string of the molecule is CC(=O)c1ccc(/C=C/C(c2cc(Cl)c(Cl)c(Cl)c2)C(F)(F)F)cc1.NC(=S)NCC(F)(F)F. The number of thiocarbonyl (C=S) groups is 1. The first-order chi connectivity index (χ1) is 15.5. The fourth-order valence-electron chi connectivity index (χ4n) is 2.39. The van der Waals surface area contributed by atoms with Gasteiger partial charge in [0.05, 0.1) is 21.0 Å². The zero-order valence-electron chi connectivity index (χ0n) is 17.2. The average molecular weight is 566 g/mol. The van der Waals surface area contributed by atoms with Gasteiger partial charge in [-0.2, -0.15) is 26.3 Å². The number of benzene rings is 2. The summed E-state index contributed by atoms with van der Waals surface area (Å²) in [5, 5.41) is 1.35. The number of hydrogen-bond acceptors (Lipinski definition) is 2. The maximum absolute atomic E-state index is 13.4. The van der Waals surface area contributed by atoms with Crippen molar-refractivity contribution in [3.8, 4) is 0 Å². The minimum Gasteiger partial charge on any atom is -0.376 e. The van der Waals surface area contributed by atoms with E-state index in [9.17, 15) is 31.1 Å². The summed E-state index contributed by atoms with van der Waals surface area (Å²) in [5.41, 5.74) is 5.63. The number of Topliss-reactive ketones (excluding diaryl/α,β-unsaturated/α-hetero) is 1. The second-order valence-corrected chi connectivity index (χ2v) is 8.32. The lowest BCUT2D eigenvalue weighted by molar-refractivity contribution is -0.139. The Labute approximate surface area is 211 Å². The van der Waals surface area contributed by atoms with Crippen molar-refractivity contribution in [3.05, 3.63) is 74.2 Å². The molecule has 0 saturated carbocycles. The number of carbonyl (C=O) groups excluding carboxylic acids is 1. The zero-order chi connectivity index (χ0) is 26.3. The van der Waals surface area contributed by atoms with Gasteiger partial charge in [-0.05, 0) is 42.4 Å². The van der Waals surface area contributed by atoms with Gasteiger partial charge in [0.2, 0.25) is 0 Å². The number of allylic oxidation sites excluding steroid dienone is 1. The van der Waals surface area contributed by atoms with E-state index < -0.39 is 24.8 Å².